The van der Waals surface area contributed by atoms with Crippen LogP contribution in [-0.2, 0) is 13.1 Å². The van der Waals surface area contributed by atoms with Gasteiger partial charge in [0, 0.05) is 18.0 Å². The quantitative estimate of drug-likeness (QED) is 0.305. The van der Waals surface area contributed by atoms with Crippen LogP contribution in [0.1, 0.15) is 11.1 Å². The van der Waals surface area contributed by atoms with Gasteiger partial charge in [0.2, 0.25) is 0 Å². The normalized spacial score (nSPS) is 10.3. The molecule has 0 amide bonds. The maximum absolute atomic E-state index is 6.28. The van der Waals surface area contributed by atoms with E-state index in [0.717, 1.165) is 21.7 Å². The zero-order valence-electron chi connectivity index (χ0n) is 18.3. The van der Waals surface area contributed by atoms with Gasteiger partial charge in [0.1, 0.15) is 0 Å². The Bertz CT molecular complexity index is 1240. The lowest BCUT2D eigenvalue weighted by Gasteiger charge is -2.25. The predicted molar refractivity (Wildman–Crippen MR) is 140 cm³/mol. The lowest BCUT2D eigenvalue weighted by Crippen LogP contribution is -2.24. The van der Waals surface area contributed by atoms with Gasteiger partial charge in [-0.3, -0.25) is 0 Å². The fraction of sp³-hybridized carbons (Fsp3) is 0.0714. The fourth-order valence-corrected chi connectivity index (χ4v) is 3.65. The number of fused-ring (bicyclic) bond motifs is 1. The standard InChI is InChI=1S/C22H20N4.C6H6S/c23-21-22(25-20-14-8-7-13-19(20)24-21)26(15-17-9-3-1-4-10-17)16-18-11-5-2-6-12-18;7-6-4-2-1-3-5-6/h1-14H,15-16H2,(H2,23,24);1-5,7H. The number of nitrogens with zero attached hydrogens (tertiary/aromatic N) is 3. The average Bonchev–Trinajstić information content (AvgIpc) is 2.85. The molecular formula is C28H26N4S. The van der Waals surface area contributed by atoms with E-state index in [4.69, 9.17) is 10.7 Å². The highest BCUT2D eigenvalue weighted by Gasteiger charge is 2.15. The number of para-hydroxylation sites is 2. The summed E-state index contributed by atoms with van der Waals surface area (Å²) >= 11 is 4.08. The van der Waals surface area contributed by atoms with Gasteiger partial charge in [-0.2, -0.15) is 0 Å². The van der Waals surface area contributed by atoms with Crippen LogP contribution in [0.3, 0.4) is 0 Å². The predicted octanol–water partition coefficient (Wildman–Crippen LogP) is 6.39. The number of aromatic nitrogens is 2. The highest BCUT2D eigenvalue weighted by Crippen LogP contribution is 2.25. The van der Waals surface area contributed by atoms with E-state index in [0.29, 0.717) is 18.9 Å². The summed E-state index contributed by atoms with van der Waals surface area (Å²) in [6, 6.07) is 38.3. The molecule has 0 fully saturated rings. The third-order valence-electron chi connectivity index (χ3n) is 5.07. The summed E-state index contributed by atoms with van der Waals surface area (Å²) in [6.07, 6.45) is 0. The highest BCUT2D eigenvalue weighted by molar-refractivity contribution is 7.80. The van der Waals surface area contributed by atoms with Crippen LogP contribution in [0.15, 0.2) is 120 Å². The van der Waals surface area contributed by atoms with Gasteiger partial charge < -0.3 is 10.6 Å². The lowest BCUT2D eigenvalue weighted by atomic mass is 10.1. The molecule has 1 aromatic heterocycles. The van der Waals surface area contributed by atoms with Crippen molar-refractivity contribution in [2.24, 2.45) is 0 Å². The Labute approximate surface area is 200 Å². The second kappa shape index (κ2) is 11.2. The first kappa shape index (κ1) is 22.4. The van der Waals surface area contributed by atoms with Crippen molar-refractivity contribution in [3.05, 3.63) is 126 Å². The van der Waals surface area contributed by atoms with Crippen molar-refractivity contribution in [1.29, 1.82) is 0 Å². The number of hydrogen-bond donors (Lipinski definition) is 2. The van der Waals surface area contributed by atoms with Crippen LogP contribution in [0.2, 0.25) is 0 Å². The topological polar surface area (TPSA) is 55.0 Å². The molecule has 5 rings (SSSR count). The number of hydrogen-bond acceptors (Lipinski definition) is 5. The maximum Gasteiger partial charge on any atom is 0.172 e. The lowest BCUT2D eigenvalue weighted by molar-refractivity contribution is 0.785. The molecule has 0 atom stereocenters. The van der Waals surface area contributed by atoms with E-state index in [1.54, 1.807) is 0 Å². The minimum atomic E-state index is 0.454. The summed E-state index contributed by atoms with van der Waals surface area (Å²) in [7, 11) is 0. The second-order valence-electron chi connectivity index (χ2n) is 7.58. The van der Waals surface area contributed by atoms with Gasteiger partial charge >= 0.3 is 0 Å². The largest absolute Gasteiger partial charge is 0.381 e. The minimum absolute atomic E-state index is 0.454. The van der Waals surface area contributed by atoms with E-state index in [2.05, 4.69) is 46.8 Å². The number of anilines is 2. The van der Waals surface area contributed by atoms with Crippen LogP contribution < -0.4 is 10.6 Å². The molecule has 0 unspecified atom stereocenters. The van der Waals surface area contributed by atoms with Crippen molar-refractivity contribution in [2.75, 3.05) is 10.6 Å². The van der Waals surface area contributed by atoms with E-state index in [9.17, 15) is 0 Å². The first-order valence-corrected chi connectivity index (χ1v) is 11.2. The summed E-state index contributed by atoms with van der Waals surface area (Å²) in [6.45, 7) is 1.43. The van der Waals surface area contributed by atoms with E-state index < -0.39 is 0 Å². The van der Waals surface area contributed by atoms with Gasteiger partial charge in [0.15, 0.2) is 11.6 Å². The van der Waals surface area contributed by atoms with Crippen molar-refractivity contribution in [1.82, 2.24) is 9.97 Å². The monoisotopic (exact) mass is 450 g/mol. The Morgan fingerprint density at radius 3 is 1.45 bits per heavy atom. The molecule has 0 aliphatic rings. The average molecular weight is 451 g/mol. The highest BCUT2D eigenvalue weighted by atomic mass is 32.1. The van der Waals surface area contributed by atoms with Crippen LogP contribution in [0.5, 0.6) is 0 Å². The van der Waals surface area contributed by atoms with Crippen molar-refractivity contribution in [2.45, 2.75) is 18.0 Å². The number of nitrogen functional groups attached to an aromatic ring is 1. The molecule has 0 spiro atoms. The molecule has 0 aliphatic carbocycles. The molecule has 0 saturated carbocycles. The summed E-state index contributed by atoms with van der Waals surface area (Å²) in [5, 5.41) is 0. The molecule has 0 bridgehead atoms. The van der Waals surface area contributed by atoms with Gasteiger partial charge in [-0.15, -0.1) is 12.6 Å². The second-order valence-corrected chi connectivity index (χ2v) is 8.10. The van der Waals surface area contributed by atoms with E-state index in [-0.39, 0.29) is 0 Å². The molecule has 4 nitrogen and oxygen atoms in total. The molecule has 5 aromatic rings. The van der Waals surface area contributed by atoms with Gasteiger partial charge in [0.05, 0.1) is 11.0 Å². The maximum atomic E-state index is 6.28. The number of thiol groups is 1. The Kier molecular flexibility index (Phi) is 7.56. The van der Waals surface area contributed by atoms with E-state index in [1.165, 1.54) is 11.1 Å². The van der Waals surface area contributed by atoms with Crippen molar-refractivity contribution >= 4 is 35.3 Å². The molecule has 2 N–H and O–H groups in total. The number of rotatable bonds is 5. The van der Waals surface area contributed by atoms with Gasteiger partial charge in [-0.1, -0.05) is 91.0 Å². The number of nitrogens with two attached hydrogens (primary N) is 1. The Hall–Kier alpha value is -3.83. The van der Waals surface area contributed by atoms with Gasteiger partial charge in [0.25, 0.3) is 0 Å². The summed E-state index contributed by atoms with van der Waals surface area (Å²) in [5.41, 5.74) is 10.4. The van der Waals surface area contributed by atoms with E-state index >= 15 is 0 Å². The first-order valence-electron chi connectivity index (χ1n) is 10.8. The molecule has 33 heavy (non-hydrogen) atoms. The Morgan fingerprint density at radius 2 is 1.00 bits per heavy atom. The molecule has 164 valence electrons. The SMILES string of the molecule is Nc1nc2ccccc2nc1N(Cc1ccccc1)Cc1ccccc1.Sc1ccccc1. The third-order valence-corrected chi connectivity index (χ3v) is 5.36. The van der Waals surface area contributed by atoms with Crippen LogP contribution >= 0.6 is 12.6 Å². The first-order chi connectivity index (χ1) is 16.2. The van der Waals surface area contributed by atoms with Crippen LogP contribution in [0, 0.1) is 0 Å². The summed E-state index contributed by atoms with van der Waals surface area (Å²) in [5.74, 6) is 1.17. The number of benzene rings is 4. The van der Waals surface area contributed by atoms with Crippen molar-refractivity contribution < 1.29 is 0 Å². The molecule has 0 radical (unpaired) electrons. The van der Waals surface area contributed by atoms with Crippen molar-refractivity contribution in [3.63, 3.8) is 0 Å². The zero-order chi connectivity index (χ0) is 22.9. The van der Waals surface area contributed by atoms with Crippen molar-refractivity contribution in [3.8, 4) is 0 Å². The van der Waals surface area contributed by atoms with Crippen LogP contribution in [0.25, 0.3) is 11.0 Å². The van der Waals surface area contributed by atoms with Crippen LogP contribution in [-0.4, -0.2) is 9.97 Å². The Morgan fingerprint density at radius 1 is 0.576 bits per heavy atom. The summed E-state index contributed by atoms with van der Waals surface area (Å²) in [4.78, 5) is 12.6. The smallest absolute Gasteiger partial charge is 0.172 e. The Balaban J connectivity index is 0.000000318. The van der Waals surface area contributed by atoms with Gasteiger partial charge in [-0.25, -0.2) is 9.97 Å². The third kappa shape index (κ3) is 6.34. The fourth-order valence-electron chi connectivity index (χ4n) is 3.48. The van der Waals surface area contributed by atoms with Gasteiger partial charge in [-0.05, 0) is 35.4 Å². The molecular weight excluding hydrogens is 424 g/mol. The molecule has 0 aliphatic heterocycles. The zero-order valence-corrected chi connectivity index (χ0v) is 19.1. The summed E-state index contributed by atoms with van der Waals surface area (Å²) < 4.78 is 0. The van der Waals surface area contributed by atoms with E-state index in [1.807, 2.05) is 91.0 Å². The molecule has 4 aromatic carbocycles. The molecule has 0 saturated heterocycles. The van der Waals surface area contributed by atoms with Crippen LogP contribution in [0.4, 0.5) is 11.6 Å². The minimum Gasteiger partial charge on any atom is -0.381 e. The molecule has 1 heterocycles. The molecule has 5 heteroatoms.